The summed E-state index contributed by atoms with van der Waals surface area (Å²) < 4.78 is 4.33. The smallest absolute Gasteiger partial charge is 0.181 e. The molecule has 1 unspecified atom stereocenters. The maximum absolute atomic E-state index is 5.21. The highest BCUT2D eigenvalue weighted by molar-refractivity contribution is 6.19. The molecule has 0 aromatic rings. The van der Waals surface area contributed by atoms with Gasteiger partial charge in [0, 0.05) is 0 Å². The summed E-state index contributed by atoms with van der Waals surface area (Å²) in [4.78, 5) is 0. The third-order valence-electron chi connectivity index (χ3n) is 0.230. The summed E-state index contributed by atoms with van der Waals surface area (Å²) in [6.45, 7) is 1.65. The van der Waals surface area contributed by atoms with Crippen molar-refractivity contribution in [3.63, 3.8) is 0 Å². The van der Waals surface area contributed by atoms with Gasteiger partial charge in [-0.3, -0.25) is 0 Å². The standard InChI is InChI=1S/C4H5ClO/c1-3-6-4(2)5/h1,4H,2H3. The summed E-state index contributed by atoms with van der Waals surface area (Å²) in [5, 5.41) is 0. The molecule has 0 aromatic carbocycles. The van der Waals surface area contributed by atoms with Gasteiger partial charge >= 0.3 is 0 Å². The molecule has 0 bridgehead atoms. The van der Waals surface area contributed by atoms with Crippen LogP contribution in [0.25, 0.3) is 0 Å². The molecule has 0 N–H and O–H groups in total. The van der Waals surface area contributed by atoms with Crippen LogP contribution in [0.3, 0.4) is 0 Å². The first-order chi connectivity index (χ1) is 2.77. The van der Waals surface area contributed by atoms with E-state index < -0.39 is 0 Å². The highest BCUT2D eigenvalue weighted by Gasteiger charge is 1.85. The molecule has 0 aromatic heterocycles. The van der Waals surface area contributed by atoms with Gasteiger partial charge in [-0.25, -0.2) is 0 Å². The molecule has 34 valence electrons. The van der Waals surface area contributed by atoms with E-state index in [2.05, 4.69) is 11.2 Å². The predicted molar refractivity (Wildman–Crippen MR) is 25.2 cm³/mol. The van der Waals surface area contributed by atoms with Crippen LogP contribution in [0.15, 0.2) is 0 Å². The molecular weight excluding hydrogens is 99.5 g/mol. The second-order valence-corrected chi connectivity index (χ2v) is 1.39. The Bertz CT molecular complexity index is 62.4. The average molecular weight is 105 g/mol. The molecule has 1 atom stereocenters. The number of ether oxygens (including phenoxy) is 1. The second-order valence-electron chi connectivity index (χ2n) is 0.779. The van der Waals surface area contributed by atoms with E-state index in [-0.39, 0.29) is 5.56 Å². The summed E-state index contributed by atoms with van der Waals surface area (Å²) in [6, 6.07) is 0. The fraction of sp³-hybridized carbons (Fsp3) is 0.500. The van der Waals surface area contributed by atoms with Gasteiger partial charge in [-0.1, -0.05) is 18.0 Å². The Morgan fingerprint density at radius 1 is 2.00 bits per heavy atom. The fourth-order valence-corrected chi connectivity index (χ4v) is 0.145. The van der Waals surface area contributed by atoms with E-state index in [9.17, 15) is 0 Å². The zero-order valence-electron chi connectivity index (χ0n) is 3.44. The lowest BCUT2D eigenvalue weighted by molar-refractivity contribution is 0.261. The van der Waals surface area contributed by atoms with Crippen molar-refractivity contribution in [2.45, 2.75) is 12.5 Å². The Labute approximate surface area is 42.3 Å². The molecule has 0 saturated carbocycles. The Morgan fingerprint density at radius 3 is 2.50 bits per heavy atom. The van der Waals surface area contributed by atoms with Crippen LogP contribution in [-0.4, -0.2) is 5.56 Å². The molecule has 0 spiro atoms. The van der Waals surface area contributed by atoms with Crippen LogP contribution >= 0.6 is 11.6 Å². The normalized spacial score (nSPS) is 12.2. The predicted octanol–water partition coefficient (Wildman–Crippen LogP) is 1.18. The number of hydrogen-bond donors (Lipinski definition) is 0. The molecule has 0 saturated heterocycles. The van der Waals surface area contributed by atoms with Crippen molar-refractivity contribution < 1.29 is 4.74 Å². The van der Waals surface area contributed by atoms with Gasteiger partial charge in [0.25, 0.3) is 0 Å². The third-order valence-corrected chi connectivity index (χ3v) is 0.320. The van der Waals surface area contributed by atoms with Gasteiger partial charge in [-0.15, -0.1) is 0 Å². The third kappa shape index (κ3) is 3.65. The van der Waals surface area contributed by atoms with Crippen molar-refractivity contribution in [2.24, 2.45) is 0 Å². The lowest BCUT2D eigenvalue weighted by Crippen LogP contribution is -1.89. The Kier molecular flexibility index (Phi) is 2.70. The lowest BCUT2D eigenvalue weighted by Gasteiger charge is -1.92. The summed E-state index contributed by atoms with van der Waals surface area (Å²) in [5.74, 6) is 0. The molecule has 0 fully saturated rings. The number of rotatable bonds is 1. The number of hydrogen-bond acceptors (Lipinski definition) is 1. The Balaban J connectivity index is 2.88. The quantitative estimate of drug-likeness (QED) is 0.359. The van der Waals surface area contributed by atoms with Gasteiger partial charge in [0.1, 0.15) is 6.11 Å². The molecule has 0 radical (unpaired) electrons. The van der Waals surface area contributed by atoms with Crippen molar-refractivity contribution in [3.8, 4) is 12.5 Å². The molecule has 0 heterocycles. The zero-order chi connectivity index (χ0) is 4.99. The lowest BCUT2D eigenvalue weighted by atomic mass is 10.9. The molecular formula is C4H5ClO. The van der Waals surface area contributed by atoms with Crippen LogP contribution in [0, 0.1) is 12.5 Å². The van der Waals surface area contributed by atoms with Gasteiger partial charge < -0.3 is 4.74 Å². The Hall–Kier alpha value is -0.350. The zero-order valence-corrected chi connectivity index (χ0v) is 4.20. The van der Waals surface area contributed by atoms with Crippen LogP contribution in [0.2, 0.25) is 0 Å². The fourth-order valence-electron chi connectivity index (χ4n) is 0.0938. The van der Waals surface area contributed by atoms with Crippen molar-refractivity contribution in [2.75, 3.05) is 0 Å². The van der Waals surface area contributed by atoms with Crippen molar-refractivity contribution in [1.29, 1.82) is 0 Å². The van der Waals surface area contributed by atoms with Crippen molar-refractivity contribution >= 4 is 11.6 Å². The van der Waals surface area contributed by atoms with Crippen LogP contribution < -0.4 is 0 Å². The first-order valence-corrected chi connectivity index (χ1v) is 1.96. The van der Waals surface area contributed by atoms with Gasteiger partial charge in [0.05, 0.1) is 0 Å². The van der Waals surface area contributed by atoms with Crippen molar-refractivity contribution in [1.82, 2.24) is 0 Å². The molecule has 0 aliphatic rings. The molecule has 6 heavy (non-hydrogen) atoms. The highest BCUT2D eigenvalue weighted by atomic mass is 35.5. The van der Waals surface area contributed by atoms with E-state index in [0.717, 1.165) is 0 Å². The first kappa shape index (κ1) is 5.65. The van der Waals surface area contributed by atoms with Crippen LogP contribution in [0.5, 0.6) is 0 Å². The summed E-state index contributed by atoms with van der Waals surface area (Å²) >= 11 is 5.21. The summed E-state index contributed by atoms with van der Waals surface area (Å²) in [6.07, 6.45) is 6.61. The monoisotopic (exact) mass is 104 g/mol. The molecule has 2 heteroatoms. The Morgan fingerprint density at radius 2 is 2.50 bits per heavy atom. The van der Waals surface area contributed by atoms with Gasteiger partial charge in [-0.2, -0.15) is 0 Å². The van der Waals surface area contributed by atoms with E-state index in [1.807, 2.05) is 6.11 Å². The minimum Gasteiger partial charge on any atom is -0.427 e. The summed E-state index contributed by atoms with van der Waals surface area (Å²) in [5.41, 5.74) is -0.366. The van der Waals surface area contributed by atoms with E-state index in [4.69, 9.17) is 11.6 Å². The number of halogens is 1. The van der Waals surface area contributed by atoms with Crippen LogP contribution in [-0.2, 0) is 4.74 Å². The topological polar surface area (TPSA) is 9.23 Å². The highest BCUT2D eigenvalue weighted by Crippen LogP contribution is 1.91. The molecule has 0 aliphatic carbocycles. The average Bonchev–Trinajstić information content (AvgIpc) is 1.35. The number of alkyl halides is 1. The maximum Gasteiger partial charge on any atom is 0.181 e. The van der Waals surface area contributed by atoms with Gasteiger partial charge in [0.2, 0.25) is 0 Å². The molecule has 0 aliphatic heterocycles. The first-order valence-electron chi connectivity index (χ1n) is 1.52. The molecule has 1 nitrogen and oxygen atoms in total. The second kappa shape index (κ2) is 2.87. The van der Waals surface area contributed by atoms with E-state index >= 15 is 0 Å². The minimum atomic E-state index is -0.366. The minimum absolute atomic E-state index is 0.366. The molecule has 0 rings (SSSR count). The van der Waals surface area contributed by atoms with E-state index in [1.165, 1.54) is 0 Å². The van der Waals surface area contributed by atoms with Crippen molar-refractivity contribution in [3.05, 3.63) is 0 Å². The van der Waals surface area contributed by atoms with Gasteiger partial charge in [-0.05, 0) is 6.92 Å². The van der Waals surface area contributed by atoms with E-state index in [1.54, 1.807) is 6.92 Å². The van der Waals surface area contributed by atoms with Crippen LogP contribution in [0.1, 0.15) is 6.92 Å². The SMILES string of the molecule is C#COC(C)Cl. The largest absolute Gasteiger partial charge is 0.427 e. The molecule has 0 amide bonds. The number of terminal acetylenes is 1. The van der Waals surface area contributed by atoms with E-state index in [0.29, 0.717) is 0 Å². The van der Waals surface area contributed by atoms with Gasteiger partial charge in [0.15, 0.2) is 5.56 Å². The maximum atomic E-state index is 5.21. The van der Waals surface area contributed by atoms with Crippen LogP contribution in [0.4, 0.5) is 0 Å². The summed E-state index contributed by atoms with van der Waals surface area (Å²) in [7, 11) is 0.